The summed E-state index contributed by atoms with van der Waals surface area (Å²) in [5.74, 6) is -0.980. The van der Waals surface area contributed by atoms with E-state index in [9.17, 15) is 4.79 Å². The van der Waals surface area contributed by atoms with Gasteiger partial charge in [0.05, 0.1) is 16.9 Å². The molecule has 0 fully saturated rings. The number of rotatable bonds is 3. The van der Waals surface area contributed by atoms with Gasteiger partial charge in [-0.3, -0.25) is 0 Å². The minimum absolute atomic E-state index is 0.192. The molecule has 0 atom stereocenters. The Labute approximate surface area is 107 Å². The lowest BCUT2D eigenvalue weighted by Gasteiger charge is -2.08. The largest absolute Gasteiger partial charge is 0.477 e. The summed E-state index contributed by atoms with van der Waals surface area (Å²) in [5, 5.41) is 12.9. The number of carbonyl (C=O) groups is 1. The second-order valence-corrected chi connectivity index (χ2v) is 4.83. The van der Waals surface area contributed by atoms with Crippen LogP contribution in [0.2, 0.25) is 5.02 Å². The first-order chi connectivity index (χ1) is 8.08. The van der Waals surface area contributed by atoms with Crippen LogP contribution >= 0.6 is 22.9 Å². The van der Waals surface area contributed by atoms with E-state index >= 15 is 0 Å². The number of thiazole rings is 1. The zero-order valence-corrected chi connectivity index (χ0v) is 10.5. The van der Waals surface area contributed by atoms with Crippen molar-refractivity contribution in [2.75, 3.05) is 5.32 Å². The molecule has 6 heteroatoms. The SMILES string of the molecule is Cc1cccc(Cl)c1Nc1ncc(C(=O)O)s1. The standard InChI is InChI=1S/C11H9ClN2O2S/c1-6-3-2-4-7(12)9(6)14-11-13-5-8(17-11)10(15)16/h2-5H,1H3,(H,13,14)(H,15,16). The van der Waals surface area contributed by atoms with E-state index in [0.717, 1.165) is 22.6 Å². The van der Waals surface area contributed by atoms with Crippen LogP contribution < -0.4 is 5.32 Å². The van der Waals surface area contributed by atoms with E-state index in [1.165, 1.54) is 6.20 Å². The molecule has 2 N–H and O–H groups in total. The molecule has 1 aromatic heterocycles. The highest BCUT2D eigenvalue weighted by molar-refractivity contribution is 7.17. The van der Waals surface area contributed by atoms with Crippen molar-refractivity contribution in [2.45, 2.75) is 6.92 Å². The molecule has 0 radical (unpaired) electrons. The summed E-state index contributed by atoms with van der Waals surface area (Å²) in [6.45, 7) is 1.92. The molecule has 0 saturated carbocycles. The number of hydrogen-bond donors (Lipinski definition) is 2. The predicted octanol–water partition coefficient (Wildman–Crippen LogP) is 3.55. The number of aryl methyl sites for hydroxylation is 1. The summed E-state index contributed by atoms with van der Waals surface area (Å²) in [6.07, 6.45) is 1.32. The van der Waals surface area contributed by atoms with E-state index in [-0.39, 0.29) is 4.88 Å². The maximum absolute atomic E-state index is 10.7. The molecule has 4 nitrogen and oxygen atoms in total. The van der Waals surface area contributed by atoms with Crippen molar-refractivity contribution in [2.24, 2.45) is 0 Å². The van der Waals surface area contributed by atoms with E-state index in [0.29, 0.717) is 10.2 Å². The van der Waals surface area contributed by atoms with Crippen molar-refractivity contribution >= 4 is 39.7 Å². The molecule has 0 aliphatic carbocycles. The predicted molar refractivity (Wildman–Crippen MR) is 68.5 cm³/mol. The van der Waals surface area contributed by atoms with Gasteiger partial charge in [-0.2, -0.15) is 0 Å². The summed E-state index contributed by atoms with van der Waals surface area (Å²) in [6, 6.07) is 5.54. The number of carboxylic acid groups (broad SMARTS) is 1. The molecule has 0 unspecified atom stereocenters. The highest BCUT2D eigenvalue weighted by Gasteiger charge is 2.10. The summed E-state index contributed by atoms with van der Waals surface area (Å²) >= 11 is 7.12. The zero-order valence-electron chi connectivity index (χ0n) is 8.90. The Balaban J connectivity index is 2.28. The molecule has 0 amide bonds. The van der Waals surface area contributed by atoms with Gasteiger partial charge in [0.25, 0.3) is 0 Å². The molecule has 0 bridgehead atoms. The van der Waals surface area contributed by atoms with Crippen molar-refractivity contribution < 1.29 is 9.90 Å². The van der Waals surface area contributed by atoms with E-state index < -0.39 is 5.97 Å². The minimum Gasteiger partial charge on any atom is -0.477 e. The number of nitrogens with one attached hydrogen (secondary N) is 1. The monoisotopic (exact) mass is 268 g/mol. The van der Waals surface area contributed by atoms with Gasteiger partial charge in [-0.1, -0.05) is 35.1 Å². The van der Waals surface area contributed by atoms with Crippen molar-refractivity contribution in [3.63, 3.8) is 0 Å². The normalized spacial score (nSPS) is 10.2. The van der Waals surface area contributed by atoms with Gasteiger partial charge in [-0.05, 0) is 18.6 Å². The second kappa shape index (κ2) is 4.73. The second-order valence-electron chi connectivity index (χ2n) is 3.39. The summed E-state index contributed by atoms with van der Waals surface area (Å²) in [4.78, 5) is 14.9. The van der Waals surface area contributed by atoms with Crippen LogP contribution in [-0.2, 0) is 0 Å². The molecule has 0 aliphatic rings. The third kappa shape index (κ3) is 2.57. The molecule has 2 aromatic rings. The van der Waals surface area contributed by atoms with Crippen molar-refractivity contribution in [3.8, 4) is 0 Å². The topological polar surface area (TPSA) is 62.2 Å². The highest BCUT2D eigenvalue weighted by atomic mass is 35.5. The van der Waals surface area contributed by atoms with Crippen LogP contribution in [0.1, 0.15) is 15.2 Å². The number of para-hydroxylation sites is 1. The first kappa shape index (κ1) is 11.9. The summed E-state index contributed by atoms with van der Waals surface area (Å²) < 4.78 is 0. The zero-order chi connectivity index (χ0) is 12.4. The van der Waals surface area contributed by atoms with Gasteiger partial charge in [-0.15, -0.1) is 0 Å². The molecular formula is C11H9ClN2O2S. The quantitative estimate of drug-likeness (QED) is 0.894. The first-order valence-electron chi connectivity index (χ1n) is 4.79. The van der Waals surface area contributed by atoms with Gasteiger partial charge in [-0.25, -0.2) is 9.78 Å². The first-order valence-corrected chi connectivity index (χ1v) is 5.98. The molecule has 1 aromatic carbocycles. The Morgan fingerprint density at radius 2 is 2.29 bits per heavy atom. The summed E-state index contributed by atoms with van der Waals surface area (Å²) in [5.41, 5.74) is 1.73. The third-order valence-electron chi connectivity index (χ3n) is 2.17. The number of nitrogens with zero attached hydrogens (tertiary/aromatic N) is 1. The Kier molecular flexibility index (Phi) is 3.31. The number of halogens is 1. The number of carboxylic acids is 1. The molecule has 0 aliphatic heterocycles. The number of aromatic nitrogens is 1. The fraction of sp³-hybridized carbons (Fsp3) is 0.0909. The van der Waals surface area contributed by atoms with Crippen molar-refractivity contribution in [3.05, 3.63) is 39.9 Å². The van der Waals surface area contributed by atoms with Crippen LogP contribution in [0.5, 0.6) is 0 Å². The Hall–Kier alpha value is -1.59. The number of hydrogen-bond acceptors (Lipinski definition) is 4. The molecule has 2 rings (SSSR count). The average Bonchev–Trinajstić information content (AvgIpc) is 2.72. The van der Waals surface area contributed by atoms with Crippen molar-refractivity contribution in [1.82, 2.24) is 4.98 Å². The van der Waals surface area contributed by atoms with Crippen molar-refractivity contribution in [1.29, 1.82) is 0 Å². The number of aromatic carboxylic acids is 1. The molecule has 88 valence electrons. The number of benzene rings is 1. The Morgan fingerprint density at radius 3 is 2.88 bits per heavy atom. The van der Waals surface area contributed by atoms with E-state index in [2.05, 4.69) is 10.3 Å². The maximum atomic E-state index is 10.7. The van der Waals surface area contributed by atoms with Crippen LogP contribution in [0.4, 0.5) is 10.8 Å². The lowest BCUT2D eigenvalue weighted by atomic mass is 10.2. The molecular weight excluding hydrogens is 260 g/mol. The van der Waals surface area contributed by atoms with Crippen LogP contribution in [0.15, 0.2) is 24.4 Å². The van der Waals surface area contributed by atoms with E-state index in [1.807, 2.05) is 19.1 Å². The van der Waals surface area contributed by atoms with Gasteiger partial charge in [0.2, 0.25) is 0 Å². The average molecular weight is 269 g/mol. The molecule has 0 saturated heterocycles. The number of anilines is 2. The van der Waals surface area contributed by atoms with Crippen LogP contribution in [-0.4, -0.2) is 16.1 Å². The van der Waals surface area contributed by atoms with Gasteiger partial charge < -0.3 is 10.4 Å². The summed E-state index contributed by atoms with van der Waals surface area (Å²) in [7, 11) is 0. The Morgan fingerprint density at radius 1 is 1.53 bits per heavy atom. The maximum Gasteiger partial charge on any atom is 0.347 e. The van der Waals surface area contributed by atoms with E-state index in [4.69, 9.17) is 16.7 Å². The molecule has 1 heterocycles. The molecule has 0 spiro atoms. The Bertz CT molecular complexity index is 548. The van der Waals surface area contributed by atoms with Crippen LogP contribution in [0, 0.1) is 6.92 Å². The fourth-order valence-corrected chi connectivity index (χ4v) is 2.26. The van der Waals surface area contributed by atoms with Crippen LogP contribution in [0.3, 0.4) is 0 Å². The van der Waals surface area contributed by atoms with Gasteiger partial charge in [0.15, 0.2) is 5.13 Å². The van der Waals surface area contributed by atoms with Gasteiger partial charge >= 0.3 is 5.97 Å². The third-order valence-corrected chi connectivity index (χ3v) is 3.39. The van der Waals surface area contributed by atoms with Gasteiger partial charge in [0.1, 0.15) is 4.88 Å². The highest BCUT2D eigenvalue weighted by Crippen LogP contribution is 2.30. The fourth-order valence-electron chi connectivity index (χ4n) is 1.33. The smallest absolute Gasteiger partial charge is 0.347 e. The lowest BCUT2D eigenvalue weighted by Crippen LogP contribution is -1.93. The van der Waals surface area contributed by atoms with Crippen LogP contribution in [0.25, 0.3) is 0 Å². The van der Waals surface area contributed by atoms with Gasteiger partial charge in [0, 0.05) is 0 Å². The van der Waals surface area contributed by atoms with E-state index in [1.54, 1.807) is 6.07 Å². The minimum atomic E-state index is -0.980. The lowest BCUT2D eigenvalue weighted by molar-refractivity contribution is 0.0702. The molecule has 17 heavy (non-hydrogen) atoms.